The van der Waals surface area contributed by atoms with E-state index in [1.165, 1.54) is 109 Å². The number of hydrogen-bond donors (Lipinski definition) is 0. The second-order valence-corrected chi connectivity index (χ2v) is 13.5. The molecule has 7 heteroatoms. The minimum absolute atomic E-state index is 0.131. The summed E-state index contributed by atoms with van der Waals surface area (Å²) in [5, 5.41) is 0. The van der Waals surface area contributed by atoms with Gasteiger partial charge in [-0.2, -0.15) is 0 Å². The molecule has 3 saturated heterocycles. The topological polar surface area (TPSA) is 72.5 Å². The van der Waals surface area contributed by atoms with Crippen LogP contribution < -0.4 is 0 Å². The molecule has 0 radical (unpaired) electrons. The predicted octanol–water partition coefficient (Wildman–Crippen LogP) is 8.75. The molecule has 7 nitrogen and oxygen atoms in total. The Bertz CT molecular complexity index is 724. The number of carbonyl (C=O) groups excluding carboxylic acids is 1. The Labute approximate surface area is 251 Å². The lowest BCUT2D eigenvalue weighted by Crippen LogP contribution is -2.56. The van der Waals surface area contributed by atoms with Gasteiger partial charge >= 0.3 is 5.97 Å². The lowest BCUT2D eigenvalue weighted by Gasteiger charge is -2.36. The Balaban J connectivity index is 1.12. The number of carbonyl (C=O) groups is 1. The Morgan fingerprint density at radius 2 is 0.976 bits per heavy atom. The van der Waals surface area contributed by atoms with Gasteiger partial charge in [0.2, 0.25) is 0 Å². The molecule has 0 N–H and O–H groups in total. The third-order valence-electron chi connectivity index (χ3n) is 8.64. The summed E-state index contributed by atoms with van der Waals surface area (Å²) < 4.78 is 35.9. The molecule has 0 aliphatic carbocycles. The summed E-state index contributed by atoms with van der Waals surface area (Å²) in [4.78, 5) is 12.4. The summed E-state index contributed by atoms with van der Waals surface area (Å²) in [6, 6.07) is 0. The van der Waals surface area contributed by atoms with E-state index < -0.39 is 24.0 Å². The molecule has 3 rings (SSSR count). The van der Waals surface area contributed by atoms with Crippen molar-refractivity contribution in [3.63, 3.8) is 0 Å². The maximum Gasteiger partial charge on any atom is 0.305 e. The fraction of sp³-hybridized carbons (Fsp3) is 0.971. The minimum atomic E-state index is -0.756. The van der Waals surface area contributed by atoms with Crippen molar-refractivity contribution < 1.29 is 33.2 Å². The third-order valence-corrected chi connectivity index (χ3v) is 8.64. The van der Waals surface area contributed by atoms with Crippen LogP contribution in [0.15, 0.2) is 0 Å². The zero-order valence-corrected chi connectivity index (χ0v) is 27.1. The van der Waals surface area contributed by atoms with E-state index in [1.807, 2.05) is 27.7 Å². The van der Waals surface area contributed by atoms with Gasteiger partial charge in [0.05, 0.1) is 0 Å². The molecule has 0 amide bonds. The van der Waals surface area contributed by atoms with Crippen LogP contribution in [-0.4, -0.2) is 54.9 Å². The highest BCUT2D eigenvalue weighted by Crippen LogP contribution is 2.44. The van der Waals surface area contributed by atoms with Gasteiger partial charge in [0.25, 0.3) is 0 Å². The lowest BCUT2D eigenvalue weighted by atomic mass is 9.99. The van der Waals surface area contributed by atoms with Crippen molar-refractivity contribution in [2.75, 3.05) is 6.61 Å². The van der Waals surface area contributed by atoms with E-state index in [1.54, 1.807) is 0 Å². The molecule has 240 valence electrons. The standard InChI is InChI=1S/C34H62O7/c1-6-7-8-9-10-11-12-13-14-15-16-17-18-19-20-21-22-23-24-25-28(35)36-26-27-29-30(39-33(2,3)38-29)31-32(37-27)41-34(4,5)40-31/h27,29-32H,6-26H2,1-5H3/t27-,29+,30-,31+,32+/m0/s1. The van der Waals surface area contributed by atoms with Crippen LogP contribution in [0.5, 0.6) is 0 Å². The molecule has 0 saturated carbocycles. The predicted molar refractivity (Wildman–Crippen MR) is 161 cm³/mol. The number of unbranched alkanes of at least 4 members (excludes halogenated alkanes) is 18. The van der Waals surface area contributed by atoms with Crippen molar-refractivity contribution in [3.05, 3.63) is 0 Å². The van der Waals surface area contributed by atoms with Gasteiger partial charge < -0.3 is 28.4 Å². The van der Waals surface area contributed by atoms with Crippen LogP contribution in [0.2, 0.25) is 0 Å². The first kappa shape index (κ1) is 34.8. The average molecular weight is 583 g/mol. The van der Waals surface area contributed by atoms with Crippen molar-refractivity contribution >= 4 is 5.97 Å². The molecule has 3 heterocycles. The zero-order chi connectivity index (χ0) is 29.6. The molecule has 3 aliphatic rings. The van der Waals surface area contributed by atoms with Crippen molar-refractivity contribution in [3.8, 4) is 0 Å². The van der Waals surface area contributed by atoms with Crippen LogP contribution in [0.25, 0.3) is 0 Å². The van der Waals surface area contributed by atoms with Crippen LogP contribution in [-0.2, 0) is 33.2 Å². The highest BCUT2D eigenvalue weighted by molar-refractivity contribution is 5.69. The van der Waals surface area contributed by atoms with Gasteiger partial charge in [-0.05, 0) is 34.1 Å². The normalized spacial score (nSPS) is 28.0. The number of fused-ring (bicyclic) bond motifs is 3. The molecule has 0 bridgehead atoms. The van der Waals surface area contributed by atoms with Gasteiger partial charge in [0, 0.05) is 6.42 Å². The minimum Gasteiger partial charge on any atom is -0.463 e. The smallest absolute Gasteiger partial charge is 0.305 e. The second-order valence-electron chi connectivity index (χ2n) is 13.5. The van der Waals surface area contributed by atoms with Crippen LogP contribution >= 0.6 is 0 Å². The molecular formula is C34H62O7. The molecule has 0 aromatic heterocycles. The third kappa shape index (κ3) is 12.8. The summed E-state index contributed by atoms with van der Waals surface area (Å²) in [6.07, 6.45) is 23.8. The number of ether oxygens (including phenoxy) is 6. The lowest BCUT2D eigenvalue weighted by molar-refractivity contribution is -0.242. The number of rotatable bonds is 22. The van der Waals surface area contributed by atoms with Gasteiger partial charge in [-0.1, -0.05) is 122 Å². The zero-order valence-electron chi connectivity index (χ0n) is 27.1. The Morgan fingerprint density at radius 3 is 1.49 bits per heavy atom. The van der Waals surface area contributed by atoms with E-state index in [9.17, 15) is 4.79 Å². The first-order valence-corrected chi connectivity index (χ1v) is 17.2. The molecule has 5 atom stereocenters. The molecule has 3 aliphatic heterocycles. The first-order chi connectivity index (χ1) is 19.7. The maximum atomic E-state index is 12.4. The van der Waals surface area contributed by atoms with E-state index in [-0.39, 0.29) is 30.9 Å². The summed E-state index contributed by atoms with van der Waals surface area (Å²) in [7, 11) is 0. The van der Waals surface area contributed by atoms with Gasteiger partial charge in [0.15, 0.2) is 17.9 Å². The summed E-state index contributed by atoms with van der Waals surface area (Å²) >= 11 is 0. The van der Waals surface area contributed by atoms with Crippen LogP contribution in [0.3, 0.4) is 0 Å². The summed E-state index contributed by atoms with van der Waals surface area (Å²) in [5.41, 5.74) is 0. The first-order valence-electron chi connectivity index (χ1n) is 17.2. The van der Waals surface area contributed by atoms with E-state index in [2.05, 4.69) is 6.92 Å². The second kappa shape index (κ2) is 18.2. The molecule has 3 fully saturated rings. The SMILES string of the molecule is CCCCCCCCCCCCCCCCCCCCCC(=O)OC[C@@H]1O[C@@H]2OC(C)(C)O[C@@H]2[C@H]2OC(C)(C)O[C@@H]21. The maximum absolute atomic E-state index is 12.4. The quantitative estimate of drug-likeness (QED) is 0.0933. The van der Waals surface area contributed by atoms with E-state index >= 15 is 0 Å². The molecular weight excluding hydrogens is 520 g/mol. The highest BCUT2D eigenvalue weighted by atomic mass is 16.9. The van der Waals surface area contributed by atoms with Crippen molar-refractivity contribution in [1.29, 1.82) is 0 Å². The highest BCUT2D eigenvalue weighted by Gasteiger charge is 2.60. The molecule has 0 unspecified atom stereocenters. The summed E-state index contributed by atoms with van der Waals surface area (Å²) in [5.74, 6) is -1.69. The van der Waals surface area contributed by atoms with E-state index in [4.69, 9.17) is 28.4 Å². The van der Waals surface area contributed by atoms with Gasteiger partial charge in [-0.25, -0.2) is 0 Å². The monoisotopic (exact) mass is 582 g/mol. The fourth-order valence-electron chi connectivity index (χ4n) is 6.42. The Hall–Kier alpha value is -0.730. The van der Waals surface area contributed by atoms with Crippen LogP contribution in [0, 0.1) is 0 Å². The molecule has 0 aromatic carbocycles. The molecule has 41 heavy (non-hydrogen) atoms. The Morgan fingerprint density at radius 1 is 0.561 bits per heavy atom. The number of esters is 1. The molecule has 0 aromatic rings. The number of hydrogen-bond acceptors (Lipinski definition) is 7. The summed E-state index contributed by atoms with van der Waals surface area (Å²) in [6.45, 7) is 9.89. The molecule has 0 spiro atoms. The van der Waals surface area contributed by atoms with Crippen LogP contribution in [0.1, 0.15) is 163 Å². The van der Waals surface area contributed by atoms with Gasteiger partial charge in [-0.3, -0.25) is 4.79 Å². The fourth-order valence-corrected chi connectivity index (χ4v) is 6.42. The van der Waals surface area contributed by atoms with Crippen molar-refractivity contribution in [2.45, 2.75) is 205 Å². The van der Waals surface area contributed by atoms with Crippen LogP contribution in [0.4, 0.5) is 0 Å². The Kier molecular flexibility index (Phi) is 15.4. The largest absolute Gasteiger partial charge is 0.463 e. The average Bonchev–Trinajstić information content (AvgIpc) is 3.42. The van der Waals surface area contributed by atoms with Gasteiger partial charge in [0.1, 0.15) is 31.0 Å². The van der Waals surface area contributed by atoms with E-state index in [0.717, 1.165) is 12.8 Å². The van der Waals surface area contributed by atoms with Gasteiger partial charge in [-0.15, -0.1) is 0 Å². The van der Waals surface area contributed by atoms with E-state index in [0.29, 0.717) is 6.42 Å². The van der Waals surface area contributed by atoms with Crippen molar-refractivity contribution in [2.24, 2.45) is 0 Å². The van der Waals surface area contributed by atoms with Crippen molar-refractivity contribution in [1.82, 2.24) is 0 Å².